The molecule has 4 aromatic rings. The van der Waals surface area contributed by atoms with Gasteiger partial charge in [0.25, 0.3) is 12.3 Å². The highest BCUT2D eigenvalue weighted by Gasteiger charge is 2.32. The van der Waals surface area contributed by atoms with Crippen LogP contribution in [0.5, 0.6) is 0 Å². The molecule has 0 saturated carbocycles. The molecule has 2 atom stereocenters. The summed E-state index contributed by atoms with van der Waals surface area (Å²) in [5.41, 5.74) is -0.997. The van der Waals surface area contributed by atoms with Crippen LogP contribution in [-0.4, -0.2) is 61.2 Å². The molecular weight excluding hydrogens is 653 g/mol. The fraction of sp³-hybridized carbons (Fsp3) is 0.344. The van der Waals surface area contributed by atoms with Crippen molar-refractivity contribution in [3.63, 3.8) is 0 Å². The van der Waals surface area contributed by atoms with Gasteiger partial charge in [0.05, 0.1) is 52.3 Å². The molecule has 0 bridgehead atoms. The summed E-state index contributed by atoms with van der Waals surface area (Å²) in [4.78, 5) is 52.0. The number of alkyl halides is 2. The monoisotopic (exact) mass is 684 g/mol. The average Bonchev–Trinajstić information content (AvgIpc) is 3.46. The molecule has 1 fully saturated rings. The fourth-order valence-corrected chi connectivity index (χ4v) is 5.16. The third-order valence-electron chi connectivity index (χ3n) is 7.55. The lowest BCUT2D eigenvalue weighted by atomic mass is 10.0. The topological polar surface area (TPSA) is 144 Å². The number of halogens is 4. The van der Waals surface area contributed by atoms with E-state index >= 15 is 0 Å². The summed E-state index contributed by atoms with van der Waals surface area (Å²) in [5, 5.41) is 9.37. The standard InChI is InChI=1S/C32H32ClF3N8O4/c1-16-27(41-24(13-37-16)25-21(28(35)36)6-7-22(33)26(25)34)30(46)40-19-12-39-44(14-19)17(2)18-10-23(42-31(47)48-32(3,4)5)29(38-11-18)43-9-8-20(43)15-45/h6-7,10-15,17,20,28H,8-9H2,1-5H3,(H,40,46)(H,42,47). The van der Waals surface area contributed by atoms with Gasteiger partial charge in [0.1, 0.15) is 17.6 Å². The highest BCUT2D eigenvalue weighted by Crippen LogP contribution is 2.36. The van der Waals surface area contributed by atoms with Crippen LogP contribution in [0, 0.1) is 12.7 Å². The molecule has 1 aromatic carbocycles. The molecule has 3 aromatic heterocycles. The van der Waals surface area contributed by atoms with Gasteiger partial charge in [-0.15, -0.1) is 0 Å². The van der Waals surface area contributed by atoms with E-state index in [0.717, 1.165) is 24.6 Å². The Labute approximate surface area is 278 Å². The van der Waals surface area contributed by atoms with Gasteiger partial charge >= 0.3 is 6.09 Å². The Bertz CT molecular complexity index is 1880. The molecule has 2 unspecified atom stereocenters. The molecule has 48 heavy (non-hydrogen) atoms. The van der Waals surface area contributed by atoms with Crippen LogP contribution in [-0.2, 0) is 9.53 Å². The molecule has 0 aliphatic carbocycles. The smallest absolute Gasteiger partial charge is 0.412 e. The normalized spacial score (nSPS) is 15.1. The maximum absolute atomic E-state index is 14.9. The molecule has 1 saturated heterocycles. The number of carbonyl (C=O) groups is 3. The molecular formula is C32H32ClF3N8O4. The van der Waals surface area contributed by atoms with E-state index in [2.05, 4.69) is 30.7 Å². The molecule has 0 spiro atoms. The zero-order valence-electron chi connectivity index (χ0n) is 26.6. The minimum absolute atomic E-state index is 0.174. The summed E-state index contributed by atoms with van der Waals surface area (Å²) in [7, 11) is 0. The molecule has 1 aliphatic rings. The SMILES string of the molecule is Cc1ncc(-c2c(C(F)F)ccc(Cl)c2F)nc1C(=O)Nc1cnn(C(C)c2cnc(N3CCC3C=O)c(NC(=O)OC(C)(C)C)c2)c1. The van der Waals surface area contributed by atoms with Crippen molar-refractivity contribution in [1.82, 2.24) is 24.7 Å². The molecule has 0 radical (unpaired) electrons. The van der Waals surface area contributed by atoms with E-state index in [1.54, 1.807) is 48.8 Å². The quantitative estimate of drug-likeness (QED) is 0.183. The van der Waals surface area contributed by atoms with E-state index in [0.29, 0.717) is 30.0 Å². The van der Waals surface area contributed by atoms with Gasteiger partial charge in [0, 0.05) is 30.1 Å². The van der Waals surface area contributed by atoms with Crippen LogP contribution in [0.4, 0.5) is 35.2 Å². The number of anilines is 3. The lowest BCUT2D eigenvalue weighted by Gasteiger charge is -2.39. The summed E-state index contributed by atoms with van der Waals surface area (Å²) in [6.07, 6.45) is 3.43. The number of hydrogen-bond donors (Lipinski definition) is 2. The van der Waals surface area contributed by atoms with Crippen LogP contribution in [0.3, 0.4) is 0 Å². The van der Waals surface area contributed by atoms with Gasteiger partial charge in [-0.25, -0.2) is 27.9 Å². The number of aldehydes is 1. The van der Waals surface area contributed by atoms with Crippen molar-refractivity contribution in [2.75, 3.05) is 22.1 Å². The number of aryl methyl sites for hydroxylation is 1. The molecule has 4 heterocycles. The van der Waals surface area contributed by atoms with E-state index in [4.69, 9.17) is 16.3 Å². The molecule has 16 heteroatoms. The first-order valence-corrected chi connectivity index (χ1v) is 15.2. The predicted molar refractivity (Wildman–Crippen MR) is 172 cm³/mol. The van der Waals surface area contributed by atoms with Gasteiger partial charge < -0.3 is 19.7 Å². The van der Waals surface area contributed by atoms with E-state index in [1.165, 1.54) is 13.1 Å². The largest absolute Gasteiger partial charge is 0.444 e. The number of benzene rings is 1. The fourth-order valence-electron chi connectivity index (χ4n) is 5.00. The lowest BCUT2D eigenvalue weighted by molar-refractivity contribution is -0.109. The Morgan fingerprint density at radius 2 is 1.90 bits per heavy atom. The van der Waals surface area contributed by atoms with Crippen molar-refractivity contribution in [2.45, 2.75) is 65.1 Å². The van der Waals surface area contributed by atoms with E-state index in [-0.39, 0.29) is 33.8 Å². The van der Waals surface area contributed by atoms with Crippen molar-refractivity contribution in [3.8, 4) is 11.3 Å². The number of nitrogens with zero attached hydrogens (tertiary/aromatic N) is 6. The van der Waals surface area contributed by atoms with Crippen LogP contribution in [0.2, 0.25) is 5.02 Å². The summed E-state index contributed by atoms with van der Waals surface area (Å²) in [6.45, 7) is 9.13. The van der Waals surface area contributed by atoms with Gasteiger partial charge in [-0.3, -0.25) is 19.8 Å². The van der Waals surface area contributed by atoms with Crippen LogP contribution in [0.25, 0.3) is 11.3 Å². The second-order valence-electron chi connectivity index (χ2n) is 12.1. The van der Waals surface area contributed by atoms with Gasteiger partial charge in [0.2, 0.25) is 0 Å². The third-order valence-corrected chi connectivity index (χ3v) is 7.84. The number of amides is 2. The lowest BCUT2D eigenvalue weighted by Crippen LogP contribution is -2.49. The first-order valence-electron chi connectivity index (χ1n) is 14.8. The Hall–Kier alpha value is -5.05. The average molecular weight is 685 g/mol. The van der Waals surface area contributed by atoms with Crippen molar-refractivity contribution < 1.29 is 32.3 Å². The van der Waals surface area contributed by atoms with Gasteiger partial charge in [-0.05, 0) is 58.7 Å². The summed E-state index contributed by atoms with van der Waals surface area (Å²) < 4.78 is 49.2. The van der Waals surface area contributed by atoms with Gasteiger partial charge in [-0.2, -0.15) is 5.10 Å². The number of aromatic nitrogens is 5. The molecule has 1 aliphatic heterocycles. The molecule has 252 valence electrons. The van der Waals surface area contributed by atoms with Crippen LogP contribution in [0.1, 0.15) is 73.9 Å². The predicted octanol–water partition coefficient (Wildman–Crippen LogP) is 6.76. The van der Waals surface area contributed by atoms with Gasteiger partial charge in [-0.1, -0.05) is 17.7 Å². The Morgan fingerprint density at radius 3 is 2.54 bits per heavy atom. The van der Waals surface area contributed by atoms with E-state index < -0.39 is 47.0 Å². The van der Waals surface area contributed by atoms with Crippen molar-refractivity contribution >= 4 is 47.1 Å². The maximum Gasteiger partial charge on any atom is 0.412 e. The molecule has 2 N–H and O–H groups in total. The summed E-state index contributed by atoms with van der Waals surface area (Å²) in [6, 6.07) is 2.92. The molecule has 5 rings (SSSR count). The van der Waals surface area contributed by atoms with Crippen molar-refractivity contribution in [2.24, 2.45) is 0 Å². The minimum Gasteiger partial charge on any atom is -0.444 e. The maximum atomic E-state index is 14.9. The highest BCUT2D eigenvalue weighted by atomic mass is 35.5. The second-order valence-corrected chi connectivity index (χ2v) is 12.5. The Morgan fingerprint density at radius 1 is 1.15 bits per heavy atom. The van der Waals surface area contributed by atoms with Crippen LogP contribution in [0.15, 0.2) is 43.0 Å². The first kappa shape index (κ1) is 34.3. The minimum atomic E-state index is -3.03. The summed E-state index contributed by atoms with van der Waals surface area (Å²) >= 11 is 5.85. The number of hydrogen-bond acceptors (Lipinski definition) is 9. The van der Waals surface area contributed by atoms with Crippen molar-refractivity contribution in [1.29, 1.82) is 0 Å². The van der Waals surface area contributed by atoms with E-state index in [9.17, 15) is 27.6 Å². The number of pyridine rings is 1. The van der Waals surface area contributed by atoms with Crippen LogP contribution >= 0.6 is 11.6 Å². The molecule has 2 amide bonds. The van der Waals surface area contributed by atoms with Crippen molar-refractivity contribution in [3.05, 3.63) is 76.3 Å². The zero-order valence-corrected chi connectivity index (χ0v) is 27.3. The highest BCUT2D eigenvalue weighted by molar-refractivity contribution is 6.31. The number of rotatable bonds is 9. The zero-order chi connectivity index (χ0) is 34.9. The Balaban J connectivity index is 1.38. The molecule has 12 nitrogen and oxygen atoms in total. The third kappa shape index (κ3) is 7.25. The first-order chi connectivity index (χ1) is 22.7. The van der Waals surface area contributed by atoms with E-state index in [1.807, 2.05) is 6.92 Å². The number of carbonyl (C=O) groups excluding carboxylic acids is 3. The number of ether oxygens (including phenoxy) is 1. The number of nitrogens with one attached hydrogen (secondary N) is 2. The second kappa shape index (κ2) is 13.6. The van der Waals surface area contributed by atoms with Gasteiger partial charge in [0.15, 0.2) is 11.6 Å². The Kier molecular flexibility index (Phi) is 9.71. The summed E-state index contributed by atoms with van der Waals surface area (Å²) in [5.74, 6) is -1.41. The van der Waals surface area contributed by atoms with Crippen LogP contribution < -0.4 is 15.5 Å².